The highest BCUT2D eigenvalue weighted by atomic mass is 79.9. The van der Waals surface area contributed by atoms with Crippen LogP contribution in [-0.2, 0) is 0 Å². The quantitative estimate of drug-likeness (QED) is 0.0322. The minimum atomic E-state index is 0.556. The minimum Gasteiger partial charge on any atom is -0.493 e. The predicted molar refractivity (Wildman–Crippen MR) is 484 cm³/mol. The van der Waals surface area contributed by atoms with Crippen LogP contribution in [0.2, 0.25) is 0 Å². The number of halogens is 2. The van der Waals surface area contributed by atoms with Crippen molar-refractivity contribution < 1.29 is 33.2 Å². The first-order valence-electron chi connectivity index (χ1n) is 45.5. The van der Waals surface area contributed by atoms with E-state index in [1.807, 2.05) is 0 Å². The molecule has 0 bridgehead atoms. The largest absolute Gasteiger partial charge is 0.493 e. The van der Waals surface area contributed by atoms with Crippen LogP contribution in [0.4, 0.5) is 0 Å². The van der Waals surface area contributed by atoms with Crippen molar-refractivity contribution >= 4 is 68.3 Å². The lowest BCUT2D eigenvalue weighted by Gasteiger charge is -2.21. The molecule has 0 unspecified atom stereocenters. The van der Waals surface area contributed by atoms with Gasteiger partial charge in [-0.25, -0.2) is 0 Å². The molecular formula is C100H162Br2O7. The third-order valence-corrected chi connectivity index (χ3v) is 22.5. The number of rotatable bonds is 70. The fourth-order valence-electron chi connectivity index (χ4n) is 14.3. The molecule has 109 heavy (non-hydrogen) atoms. The molecule has 0 heterocycles. The van der Waals surface area contributed by atoms with Crippen LogP contribution in [-0.4, -0.2) is 46.2 Å². The molecule has 0 fully saturated rings. The Morgan fingerprint density at radius 3 is 0.743 bits per heavy atom. The minimum absolute atomic E-state index is 0.556. The second-order valence-corrected chi connectivity index (χ2v) is 35.7. The molecule has 7 nitrogen and oxygen atoms in total. The van der Waals surface area contributed by atoms with Crippen LogP contribution in [0.3, 0.4) is 0 Å². The van der Waals surface area contributed by atoms with Crippen LogP contribution < -0.4 is 33.2 Å². The second kappa shape index (κ2) is 63.0. The number of benzene rings is 4. The summed E-state index contributed by atoms with van der Waals surface area (Å²) < 4.78 is 51.1. The summed E-state index contributed by atoms with van der Waals surface area (Å²) in [7, 11) is 0. The van der Waals surface area contributed by atoms with Crippen LogP contribution in [0.1, 0.15) is 406 Å². The summed E-state index contributed by atoms with van der Waals surface area (Å²) in [6.07, 6.45) is 67.0. The SMILES string of the molecule is CCCCCCCCCCOc1cc(/C=C/c2cc(OCCCCCCCCCC)c(/C=C/c3cc(OCC[C@@H](C)CCCC(C)C)c(OCC[C@@H](C)CCCC(C)C)c(OCC[C@@H](C)CCCC(C)C)c3)cc2OCCCCCCCCCC)c(OCCCCCCCCCC)cc1/C=C/c1cc(Br)cc(Br)c1. The molecule has 0 amide bonds. The van der Waals surface area contributed by atoms with Crippen molar-refractivity contribution in [3.8, 4) is 40.2 Å². The van der Waals surface area contributed by atoms with Crippen LogP contribution in [0.25, 0.3) is 36.5 Å². The van der Waals surface area contributed by atoms with Gasteiger partial charge in [0.2, 0.25) is 5.75 Å². The summed E-state index contributed by atoms with van der Waals surface area (Å²) >= 11 is 7.50. The van der Waals surface area contributed by atoms with Gasteiger partial charge in [-0.05, 0) is 146 Å². The van der Waals surface area contributed by atoms with Gasteiger partial charge in [-0.2, -0.15) is 0 Å². The van der Waals surface area contributed by atoms with E-state index in [9.17, 15) is 0 Å². The highest BCUT2D eigenvalue weighted by molar-refractivity contribution is 9.11. The fraction of sp³-hybridized carbons (Fsp3) is 0.700. The van der Waals surface area contributed by atoms with Crippen LogP contribution in [0, 0.1) is 35.5 Å². The van der Waals surface area contributed by atoms with Gasteiger partial charge >= 0.3 is 0 Å². The molecule has 618 valence electrons. The van der Waals surface area contributed by atoms with Crippen molar-refractivity contribution in [2.75, 3.05) is 46.2 Å². The molecule has 0 saturated heterocycles. The summed E-state index contributed by atoms with van der Waals surface area (Å²) in [5, 5.41) is 0. The van der Waals surface area contributed by atoms with E-state index in [1.165, 1.54) is 212 Å². The Morgan fingerprint density at radius 2 is 0.468 bits per heavy atom. The summed E-state index contributed by atoms with van der Waals surface area (Å²) in [5.74, 6) is 9.45. The Kier molecular flexibility index (Phi) is 56.1. The molecular weight excluding hydrogens is 1470 g/mol. The summed E-state index contributed by atoms with van der Waals surface area (Å²) in [6.45, 7) is 34.7. The third kappa shape index (κ3) is 47.2. The van der Waals surface area contributed by atoms with E-state index >= 15 is 0 Å². The van der Waals surface area contributed by atoms with Gasteiger partial charge in [0.05, 0.1) is 46.2 Å². The molecule has 4 rings (SSSR count). The lowest BCUT2D eigenvalue weighted by molar-refractivity contribution is 0.216. The van der Waals surface area contributed by atoms with Crippen LogP contribution >= 0.6 is 31.9 Å². The average molecular weight is 1640 g/mol. The molecule has 0 aliphatic rings. The van der Waals surface area contributed by atoms with Gasteiger partial charge in [0.15, 0.2) is 11.5 Å². The molecule has 4 aromatic carbocycles. The topological polar surface area (TPSA) is 64.6 Å². The normalized spacial score (nSPS) is 12.8. The molecule has 0 radical (unpaired) electrons. The number of hydrogen-bond acceptors (Lipinski definition) is 7. The van der Waals surface area contributed by atoms with Gasteiger partial charge in [0.25, 0.3) is 0 Å². The lowest BCUT2D eigenvalue weighted by Crippen LogP contribution is -2.10. The first-order valence-corrected chi connectivity index (χ1v) is 47.0. The summed E-state index contributed by atoms with van der Waals surface area (Å²) in [5.41, 5.74) is 6.02. The van der Waals surface area contributed by atoms with Gasteiger partial charge in [-0.1, -0.05) is 396 Å². The molecule has 0 aliphatic heterocycles. The maximum absolute atomic E-state index is 7.10. The maximum atomic E-state index is 7.10. The number of hydrogen-bond donors (Lipinski definition) is 0. The molecule has 0 aromatic heterocycles. The molecule has 0 N–H and O–H groups in total. The zero-order valence-electron chi connectivity index (χ0n) is 72.3. The lowest BCUT2D eigenvalue weighted by atomic mass is 9.97. The van der Waals surface area contributed by atoms with E-state index in [4.69, 9.17) is 33.2 Å². The number of unbranched alkanes of at least 4 members (excludes halogenated alkanes) is 28. The standard InChI is InChI=1S/C100H162Br2O7/c1-14-18-22-26-30-34-38-42-64-103-94-77-90(96(105-66-44-40-36-32-28-24-20-16-3)75-88(94)57-55-86-71-92(101)79-93(102)72-86)59-60-91-78-95(104-65-43-39-35-31-27-23-19-15-2)89(76-97(91)106-67-45-41-37-33-29-25-21-17-4)58-56-87-73-98(107-68-61-83(11)52-46-49-80(5)6)100(109-70-63-85(13)54-48-51-82(9)10)99(74-87)108-69-62-84(12)53-47-50-81(7)8/h55-60,71-85H,14-54,61-70H2,1-13H3/b57-55+,58-56+,60-59+/t83-,84-,85-/m0/s1. The summed E-state index contributed by atoms with van der Waals surface area (Å²) in [6, 6.07) is 19.7. The van der Waals surface area contributed by atoms with Crippen molar-refractivity contribution in [3.63, 3.8) is 0 Å². The van der Waals surface area contributed by atoms with Gasteiger partial charge < -0.3 is 33.2 Å². The molecule has 9 heteroatoms. The highest BCUT2D eigenvalue weighted by Gasteiger charge is 2.20. The van der Waals surface area contributed by atoms with E-state index < -0.39 is 0 Å². The van der Waals surface area contributed by atoms with E-state index in [1.54, 1.807) is 0 Å². The first kappa shape index (κ1) is 97.0. The van der Waals surface area contributed by atoms with E-state index in [-0.39, 0.29) is 0 Å². The van der Waals surface area contributed by atoms with Crippen LogP contribution in [0.15, 0.2) is 63.5 Å². The van der Waals surface area contributed by atoms with Gasteiger partial charge in [-0.3, -0.25) is 0 Å². The van der Waals surface area contributed by atoms with Crippen molar-refractivity contribution in [2.45, 2.75) is 373 Å². The Hall–Kier alpha value is -4.34. The van der Waals surface area contributed by atoms with Gasteiger partial charge in [-0.15, -0.1) is 0 Å². The molecule has 0 saturated carbocycles. The van der Waals surface area contributed by atoms with E-state index in [0.717, 1.165) is 159 Å². The molecule has 3 atom stereocenters. The van der Waals surface area contributed by atoms with Crippen molar-refractivity contribution in [1.29, 1.82) is 0 Å². The van der Waals surface area contributed by atoms with Crippen molar-refractivity contribution in [1.82, 2.24) is 0 Å². The summed E-state index contributed by atoms with van der Waals surface area (Å²) in [4.78, 5) is 0. The Morgan fingerprint density at radius 1 is 0.229 bits per heavy atom. The third-order valence-electron chi connectivity index (χ3n) is 21.6. The van der Waals surface area contributed by atoms with Gasteiger partial charge in [0.1, 0.15) is 23.0 Å². The molecule has 4 aromatic rings. The Balaban J connectivity index is 1.96. The molecule has 0 spiro atoms. The van der Waals surface area contributed by atoms with Gasteiger partial charge in [0, 0.05) is 31.2 Å². The van der Waals surface area contributed by atoms with Crippen LogP contribution in [0.5, 0.6) is 40.2 Å². The van der Waals surface area contributed by atoms with E-state index in [2.05, 4.69) is 213 Å². The smallest absolute Gasteiger partial charge is 0.203 e. The molecule has 0 aliphatic carbocycles. The Labute approximate surface area is 688 Å². The average Bonchev–Trinajstić information content (AvgIpc) is 0.817. The van der Waals surface area contributed by atoms with E-state index in [0.29, 0.717) is 75.8 Å². The predicted octanol–water partition coefficient (Wildman–Crippen LogP) is 33.5. The second-order valence-electron chi connectivity index (χ2n) is 33.9. The highest BCUT2D eigenvalue weighted by Crippen LogP contribution is 2.42. The zero-order chi connectivity index (χ0) is 78.7. The van der Waals surface area contributed by atoms with Crippen molar-refractivity contribution in [3.05, 3.63) is 96.9 Å². The Bertz CT molecular complexity index is 2930. The van der Waals surface area contributed by atoms with Crippen molar-refractivity contribution in [2.24, 2.45) is 35.5 Å². The monoisotopic (exact) mass is 1630 g/mol. The first-order chi connectivity index (χ1) is 53.0. The fourth-order valence-corrected chi connectivity index (χ4v) is 15.6. The zero-order valence-corrected chi connectivity index (χ0v) is 75.5. The maximum Gasteiger partial charge on any atom is 0.203 e. The number of ether oxygens (including phenoxy) is 7.